The minimum atomic E-state index is -0.121. The Labute approximate surface area is 160 Å². The van der Waals surface area contributed by atoms with E-state index >= 15 is 0 Å². The predicted octanol–water partition coefficient (Wildman–Crippen LogP) is 2.88. The van der Waals surface area contributed by atoms with Gasteiger partial charge in [-0.25, -0.2) is 0 Å². The molecular formula is C18H27ClN4O3. The molecule has 1 amide bonds. The number of rotatable bonds is 10. The second-order valence-corrected chi connectivity index (χ2v) is 5.82. The first-order chi connectivity index (χ1) is 12.2. The summed E-state index contributed by atoms with van der Waals surface area (Å²) < 4.78 is 10.6. The van der Waals surface area contributed by atoms with Gasteiger partial charge in [0.1, 0.15) is 5.75 Å². The fourth-order valence-corrected chi connectivity index (χ4v) is 2.31. The Morgan fingerprint density at radius 3 is 2.62 bits per heavy atom. The lowest BCUT2D eigenvalue weighted by molar-refractivity contribution is 0.0935. The van der Waals surface area contributed by atoms with Crippen molar-refractivity contribution in [3.8, 4) is 5.75 Å². The zero-order chi connectivity index (χ0) is 18.1. The molecular weight excluding hydrogens is 356 g/mol. The van der Waals surface area contributed by atoms with Crippen molar-refractivity contribution in [3.05, 3.63) is 41.5 Å². The number of amides is 1. The highest BCUT2D eigenvalue weighted by molar-refractivity contribution is 5.94. The zero-order valence-electron chi connectivity index (χ0n) is 15.2. The molecule has 1 heterocycles. The van der Waals surface area contributed by atoms with Gasteiger partial charge >= 0.3 is 0 Å². The first-order valence-electron chi connectivity index (χ1n) is 8.71. The molecule has 144 valence electrons. The monoisotopic (exact) mass is 382 g/mol. The molecule has 2 rings (SSSR count). The molecule has 0 radical (unpaired) electrons. The van der Waals surface area contributed by atoms with Crippen molar-refractivity contribution in [2.75, 3.05) is 6.54 Å². The predicted molar refractivity (Wildman–Crippen MR) is 102 cm³/mol. The number of nitrogens with two attached hydrogens (primary N) is 1. The number of halogens is 1. The summed E-state index contributed by atoms with van der Waals surface area (Å²) in [6, 6.07) is 6.96. The Morgan fingerprint density at radius 2 is 2.04 bits per heavy atom. The molecule has 1 aromatic heterocycles. The maximum absolute atomic E-state index is 12.3. The molecule has 7 nitrogen and oxygen atoms in total. The standard InChI is InChI=1S/C18H26N4O3.ClH/c1-3-5-6-14(11-19)20-18(23)13-7-9-15(10-8-13)24-12-16-21-17(4-2)25-22-16;/h7-10,14H,3-6,11-12,19H2,1-2H3,(H,20,23);1H. The van der Waals surface area contributed by atoms with Crippen LogP contribution in [0.3, 0.4) is 0 Å². The number of benzene rings is 1. The molecule has 0 fully saturated rings. The summed E-state index contributed by atoms with van der Waals surface area (Å²) in [7, 11) is 0. The molecule has 1 aromatic carbocycles. The van der Waals surface area contributed by atoms with E-state index in [1.807, 2.05) is 6.92 Å². The van der Waals surface area contributed by atoms with E-state index in [0.717, 1.165) is 19.3 Å². The van der Waals surface area contributed by atoms with Crippen LogP contribution >= 0.6 is 12.4 Å². The molecule has 0 saturated carbocycles. The fraction of sp³-hybridized carbons (Fsp3) is 0.500. The Hall–Kier alpha value is -2.12. The van der Waals surface area contributed by atoms with Crippen LogP contribution in [-0.4, -0.2) is 28.6 Å². The second kappa shape index (κ2) is 11.5. The maximum Gasteiger partial charge on any atom is 0.251 e. The first-order valence-corrected chi connectivity index (χ1v) is 8.71. The number of unbranched alkanes of at least 4 members (excludes halogenated alkanes) is 1. The highest BCUT2D eigenvalue weighted by Crippen LogP contribution is 2.14. The van der Waals surface area contributed by atoms with Crippen LogP contribution in [0.5, 0.6) is 5.75 Å². The van der Waals surface area contributed by atoms with E-state index in [4.69, 9.17) is 15.0 Å². The molecule has 2 aromatic rings. The van der Waals surface area contributed by atoms with Crippen molar-refractivity contribution in [1.82, 2.24) is 15.5 Å². The molecule has 0 spiro atoms. The summed E-state index contributed by atoms with van der Waals surface area (Å²) in [6.45, 7) is 4.73. The molecule has 8 heteroatoms. The zero-order valence-corrected chi connectivity index (χ0v) is 16.1. The molecule has 1 atom stereocenters. The SMILES string of the molecule is CCCCC(CN)NC(=O)c1ccc(OCc2noc(CC)n2)cc1.Cl. The molecule has 1 unspecified atom stereocenters. The summed E-state index contributed by atoms with van der Waals surface area (Å²) in [5.74, 6) is 1.60. The highest BCUT2D eigenvalue weighted by atomic mass is 35.5. The molecule has 0 aliphatic rings. The molecule has 26 heavy (non-hydrogen) atoms. The van der Waals surface area contributed by atoms with Crippen LogP contribution < -0.4 is 15.8 Å². The number of hydrogen-bond donors (Lipinski definition) is 2. The van der Waals surface area contributed by atoms with Gasteiger partial charge in [0, 0.05) is 24.6 Å². The van der Waals surface area contributed by atoms with Gasteiger partial charge in [0.15, 0.2) is 6.61 Å². The van der Waals surface area contributed by atoms with Crippen LogP contribution in [0.15, 0.2) is 28.8 Å². The van der Waals surface area contributed by atoms with Gasteiger partial charge in [-0.2, -0.15) is 4.98 Å². The lowest BCUT2D eigenvalue weighted by atomic mass is 10.1. The number of hydrogen-bond acceptors (Lipinski definition) is 6. The van der Waals surface area contributed by atoms with E-state index in [-0.39, 0.29) is 31.0 Å². The van der Waals surface area contributed by atoms with Gasteiger partial charge in [-0.15, -0.1) is 12.4 Å². The summed E-state index contributed by atoms with van der Waals surface area (Å²) in [6.07, 6.45) is 3.71. The second-order valence-electron chi connectivity index (χ2n) is 5.82. The van der Waals surface area contributed by atoms with Gasteiger partial charge in [-0.05, 0) is 30.7 Å². The van der Waals surface area contributed by atoms with E-state index in [0.29, 0.717) is 36.0 Å². The van der Waals surface area contributed by atoms with Gasteiger partial charge in [-0.1, -0.05) is 31.8 Å². The molecule has 3 N–H and O–H groups in total. The minimum absolute atomic E-state index is 0. The number of nitrogens with one attached hydrogen (secondary N) is 1. The van der Waals surface area contributed by atoms with Crippen molar-refractivity contribution >= 4 is 18.3 Å². The molecule has 0 bridgehead atoms. The molecule has 0 aliphatic carbocycles. The van der Waals surface area contributed by atoms with Crippen molar-refractivity contribution in [1.29, 1.82) is 0 Å². The van der Waals surface area contributed by atoms with Gasteiger partial charge in [0.05, 0.1) is 0 Å². The van der Waals surface area contributed by atoms with Crippen molar-refractivity contribution in [2.24, 2.45) is 5.73 Å². The average molecular weight is 383 g/mol. The van der Waals surface area contributed by atoms with Crippen LogP contribution in [-0.2, 0) is 13.0 Å². The topological polar surface area (TPSA) is 103 Å². The Balaban J connectivity index is 0.00000338. The van der Waals surface area contributed by atoms with E-state index in [1.54, 1.807) is 24.3 Å². The van der Waals surface area contributed by atoms with Gasteiger partial charge in [0.25, 0.3) is 5.91 Å². The van der Waals surface area contributed by atoms with Crippen molar-refractivity contribution in [2.45, 2.75) is 52.2 Å². The van der Waals surface area contributed by atoms with E-state index in [1.165, 1.54) is 0 Å². The number of carbonyl (C=O) groups excluding carboxylic acids is 1. The van der Waals surface area contributed by atoms with Crippen LogP contribution in [0.25, 0.3) is 0 Å². The van der Waals surface area contributed by atoms with Crippen LogP contribution in [0, 0.1) is 0 Å². The summed E-state index contributed by atoms with van der Waals surface area (Å²) in [5.41, 5.74) is 6.30. The maximum atomic E-state index is 12.3. The molecule has 0 saturated heterocycles. The Kier molecular flexibility index (Phi) is 9.69. The number of ether oxygens (including phenoxy) is 1. The van der Waals surface area contributed by atoms with Gasteiger partial charge in [0.2, 0.25) is 11.7 Å². The van der Waals surface area contributed by atoms with Crippen molar-refractivity contribution in [3.63, 3.8) is 0 Å². The summed E-state index contributed by atoms with van der Waals surface area (Å²) >= 11 is 0. The van der Waals surface area contributed by atoms with E-state index in [9.17, 15) is 4.79 Å². The lowest BCUT2D eigenvalue weighted by Crippen LogP contribution is -2.40. The lowest BCUT2D eigenvalue weighted by Gasteiger charge is -2.16. The number of aryl methyl sites for hydroxylation is 1. The fourth-order valence-electron chi connectivity index (χ4n) is 2.31. The first kappa shape index (κ1) is 21.9. The van der Waals surface area contributed by atoms with E-state index in [2.05, 4.69) is 22.4 Å². The van der Waals surface area contributed by atoms with Crippen molar-refractivity contribution < 1.29 is 14.1 Å². The summed E-state index contributed by atoms with van der Waals surface area (Å²) in [4.78, 5) is 16.4. The number of carbonyl (C=O) groups is 1. The Morgan fingerprint density at radius 1 is 1.31 bits per heavy atom. The van der Waals surface area contributed by atoms with Gasteiger partial charge < -0.3 is 20.3 Å². The smallest absolute Gasteiger partial charge is 0.251 e. The third-order valence-electron chi connectivity index (χ3n) is 3.82. The molecule has 0 aliphatic heterocycles. The third-order valence-corrected chi connectivity index (χ3v) is 3.82. The van der Waals surface area contributed by atoms with E-state index < -0.39 is 0 Å². The number of nitrogens with zero attached hydrogens (tertiary/aromatic N) is 2. The highest BCUT2D eigenvalue weighted by Gasteiger charge is 2.12. The van der Waals surface area contributed by atoms with Gasteiger partial charge in [-0.3, -0.25) is 4.79 Å². The van der Waals surface area contributed by atoms with Crippen LogP contribution in [0.4, 0.5) is 0 Å². The largest absolute Gasteiger partial charge is 0.485 e. The quantitative estimate of drug-likeness (QED) is 0.654. The average Bonchev–Trinajstić information content (AvgIpc) is 3.11. The normalized spacial score (nSPS) is 11.5. The van der Waals surface area contributed by atoms with Crippen LogP contribution in [0.1, 0.15) is 55.2 Å². The third kappa shape index (κ3) is 6.65. The minimum Gasteiger partial charge on any atom is -0.485 e. The Bertz CT molecular complexity index is 661. The summed E-state index contributed by atoms with van der Waals surface area (Å²) in [5, 5.41) is 6.79. The van der Waals surface area contributed by atoms with Crippen LogP contribution in [0.2, 0.25) is 0 Å². The number of aromatic nitrogens is 2.